The molecule has 0 bridgehead atoms. The molecule has 0 N–H and O–H groups in total. The lowest BCUT2D eigenvalue weighted by Gasteiger charge is -2.35. The van der Waals surface area contributed by atoms with Crippen LogP contribution in [0.25, 0.3) is 10.9 Å². The third-order valence-corrected chi connectivity index (χ3v) is 5.51. The number of benzene rings is 1. The summed E-state index contributed by atoms with van der Waals surface area (Å²) in [5.74, 6) is 1.80. The molecular weight excluding hydrogens is 384 g/mol. The standard InChI is InChI=1S/C19H23ClN4O4/c1-26-15-10-12-13(11-16(15)27-2)21-19(22-17(12)20)24-7-5-23(6-8-24)18(25)14-4-3-9-28-14/h10-11,14H,3-9H2,1-2H3. The van der Waals surface area contributed by atoms with Gasteiger partial charge in [-0.25, -0.2) is 9.97 Å². The van der Waals surface area contributed by atoms with E-state index in [0.717, 1.165) is 12.8 Å². The molecule has 0 radical (unpaired) electrons. The van der Waals surface area contributed by atoms with Gasteiger partial charge in [-0.2, -0.15) is 0 Å². The minimum Gasteiger partial charge on any atom is -0.493 e. The van der Waals surface area contributed by atoms with Gasteiger partial charge in [0.15, 0.2) is 11.5 Å². The molecule has 1 aromatic carbocycles. The smallest absolute Gasteiger partial charge is 0.251 e. The predicted octanol–water partition coefficient (Wildman–Crippen LogP) is 2.13. The van der Waals surface area contributed by atoms with Gasteiger partial charge < -0.3 is 24.0 Å². The van der Waals surface area contributed by atoms with Crippen LogP contribution < -0.4 is 14.4 Å². The van der Waals surface area contributed by atoms with Crippen molar-refractivity contribution in [1.82, 2.24) is 14.9 Å². The summed E-state index contributed by atoms with van der Waals surface area (Å²) in [4.78, 5) is 25.5. The molecule has 2 aliphatic rings. The van der Waals surface area contributed by atoms with Gasteiger partial charge in [-0.15, -0.1) is 0 Å². The van der Waals surface area contributed by atoms with E-state index in [4.69, 9.17) is 25.8 Å². The van der Waals surface area contributed by atoms with E-state index in [0.29, 0.717) is 66.3 Å². The first-order valence-electron chi connectivity index (χ1n) is 9.35. The normalized spacial score (nSPS) is 19.9. The Morgan fingerprint density at radius 1 is 1.14 bits per heavy atom. The Balaban J connectivity index is 1.52. The Morgan fingerprint density at radius 2 is 1.86 bits per heavy atom. The molecule has 9 heteroatoms. The first-order chi connectivity index (χ1) is 13.6. The zero-order valence-electron chi connectivity index (χ0n) is 16.0. The van der Waals surface area contributed by atoms with Crippen LogP contribution in [-0.2, 0) is 9.53 Å². The number of amides is 1. The van der Waals surface area contributed by atoms with Gasteiger partial charge in [0.2, 0.25) is 5.95 Å². The third kappa shape index (κ3) is 3.54. The lowest BCUT2D eigenvalue weighted by molar-refractivity contribution is -0.141. The fourth-order valence-electron chi connectivity index (χ4n) is 3.65. The number of hydrogen-bond donors (Lipinski definition) is 0. The second kappa shape index (κ2) is 7.97. The Bertz CT molecular complexity index is 880. The van der Waals surface area contributed by atoms with Crippen molar-refractivity contribution in [3.63, 3.8) is 0 Å². The Morgan fingerprint density at radius 3 is 2.50 bits per heavy atom. The molecule has 0 spiro atoms. The summed E-state index contributed by atoms with van der Waals surface area (Å²) >= 11 is 6.42. The van der Waals surface area contributed by atoms with Crippen molar-refractivity contribution in [2.24, 2.45) is 0 Å². The molecule has 2 fully saturated rings. The van der Waals surface area contributed by atoms with Crippen LogP contribution in [0.15, 0.2) is 12.1 Å². The number of halogens is 1. The Kier molecular flexibility index (Phi) is 5.41. The average molecular weight is 407 g/mol. The molecule has 1 unspecified atom stereocenters. The molecule has 1 aromatic heterocycles. The van der Waals surface area contributed by atoms with Crippen molar-refractivity contribution in [3.8, 4) is 11.5 Å². The average Bonchev–Trinajstić information content (AvgIpc) is 3.27. The first kappa shape index (κ1) is 19.0. The van der Waals surface area contributed by atoms with E-state index >= 15 is 0 Å². The topological polar surface area (TPSA) is 77.0 Å². The summed E-state index contributed by atoms with van der Waals surface area (Å²) in [6.45, 7) is 3.20. The second-order valence-electron chi connectivity index (χ2n) is 6.85. The summed E-state index contributed by atoms with van der Waals surface area (Å²) in [5.41, 5.74) is 0.686. The molecule has 2 aromatic rings. The van der Waals surface area contributed by atoms with Gasteiger partial charge in [-0.3, -0.25) is 4.79 Å². The van der Waals surface area contributed by atoms with Crippen LogP contribution in [-0.4, -0.2) is 73.9 Å². The monoisotopic (exact) mass is 406 g/mol. The van der Waals surface area contributed by atoms with Crippen molar-refractivity contribution in [2.45, 2.75) is 18.9 Å². The highest BCUT2D eigenvalue weighted by atomic mass is 35.5. The van der Waals surface area contributed by atoms with Crippen LogP contribution in [0.4, 0.5) is 5.95 Å². The van der Waals surface area contributed by atoms with Crippen molar-refractivity contribution in [2.75, 3.05) is 51.9 Å². The molecule has 4 rings (SSSR count). The fraction of sp³-hybridized carbons (Fsp3) is 0.526. The van der Waals surface area contributed by atoms with Crippen molar-refractivity contribution in [3.05, 3.63) is 17.3 Å². The highest BCUT2D eigenvalue weighted by Crippen LogP contribution is 2.34. The van der Waals surface area contributed by atoms with Crippen LogP contribution in [0.2, 0.25) is 5.15 Å². The maximum Gasteiger partial charge on any atom is 0.251 e. The van der Waals surface area contributed by atoms with Crippen LogP contribution in [0.5, 0.6) is 11.5 Å². The minimum atomic E-state index is -0.277. The molecule has 1 atom stereocenters. The second-order valence-corrected chi connectivity index (χ2v) is 7.21. The number of hydrogen-bond acceptors (Lipinski definition) is 7. The number of aromatic nitrogens is 2. The predicted molar refractivity (Wildman–Crippen MR) is 105 cm³/mol. The van der Waals surface area contributed by atoms with Gasteiger partial charge in [0, 0.05) is 44.2 Å². The molecule has 1 amide bonds. The number of piperazine rings is 1. The zero-order valence-corrected chi connectivity index (χ0v) is 16.7. The third-order valence-electron chi connectivity index (χ3n) is 5.22. The molecule has 0 saturated carbocycles. The van der Waals surface area contributed by atoms with E-state index < -0.39 is 0 Å². The van der Waals surface area contributed by atoms with E-state index in [-0.39, 0.29) is 12.0 Å². The zero-order chi connectivity index (χ0) is 19.7. The van der Waals surface area contributed by atoms with E-state index in [2.05, 4.69) is 9.97 Å². The summed E-state index contributed by atoms with van der Waals surface area (Å²) in [6.07, 6.45) is 1.49. The number of nitrogens with zero attached hydrogens (tertiary/aromatic N) is 4. The summed E-state index contributed by atoms with van der Waals surface area (Å²) in [5, 5.41) is 1.06. The van der Waals surface area contributed by atoms with Crippen LogP contribution in [0, 0.1) is 0 Å². The quantitative estimate of drug-likeness (QED) is 0.720. The summed E-state index contributed by atoms with van der Waals surface area (Å²) < 4.78 is 16.2. The Hall–Kier alpha value is -2.32. The highest BCUT2D eigenvalue weighted by Gasteiger charge is 2.31. The fourth-order valence-corrected chi connectivity index (χ4v) is 3.88. The number of carbonyl (C=O) groups excluding carboxylic acids is 1. The van der Waals surface area contributed by atoms with Gasteiger partial charge in [-0.1, -0.05) is 11.6 Å². The number of ether oxygens (including phenoxy) is 3. The molecule has 0 aliphatic carbocycles. The molecule has 2 aliphatic heterocycles. The van der Waals surface area contributed by atoms with Crippen LogP contribution >= 0.6 is 11.6 Å². The van der Waals surface area contributed by atoms with Crippen molar-refractivity contribution in [1.29, 1.82) is 0 Å². The lowest BCUT2D eigenvalue weighted by atomic mass is 10.2. The number of methoxy groups -OCH3 is 2. The van der Waals surface area contributed by atoms with Gasteiger partial charge in [0.25, 0.3) is 5.91 Å². The lowest BCUT2D eigenvalue weighted by Crippen LogP contribution is -2.51. The minimum absolute atomic E-state index is 0.0893. The molecule has 28 heavy (non-hydrogen) atoms. The number of anilines is 1. The maximum atomic E-state index is 12.5. The van der Waals surface area contributed by atoms with Gasteiger partial charge in [0.05, 0.1) is 19.7 Å². The van der Waals surface area contributed by atoms with Crippen molar-refractivity contribution < 1.29 is 19.0 Å². The maximum absolute atomic E-state index is 12.5. The van der Waals surface area contributed by atoms with E-state index in [1.807, 2.05) is 9.80 Å². The number of fused-ring (bicyclic) bond motifs is 1. The van der Waals surface area contributed by atoms with Gasteiger partial charge in [-0.05, 0) is 18.9 Å². The summed E-state index contributed by atoms with van der Waals surface area (Å²) in [7, 11) is 3.15. The summed E-state index contributed by atoms with van der Waals surface area (Å²) in [6, 6.07) is 3.57. The molecule has 3 heterocycles. The molecule has 8 nitrogen and oxygen atoms in total. The van der Waals surface area contributed by atoms with E-state index in [1.54, 1.807) is 26.4 Å². The molecular formula is C19H23ClN4O4. The van der Waals surface area contributed by atoms with Crippen LogP contribution in [0.1, 0.15) is 12.8 Å². The largest absolute Gasteiger partial charge is 0.493 e. The van der Waals surface area contributed by atoms with Crippen molar-refractivity contribution >= 4 is 34.4 Å². The number of rotatable bonds is 4. The van der Waals surface area contributed by atoms with E-state index in [9.17, 15) is 4.79 Å². The highest BCUT2D eigenvalue weighted by molar-refractivity contribution is 6.34. The van der Waals surface area contributed by atoms with E-state index in [1.165, 1.54) is 0 Å². The molecule has 2 saturated heterocycles. The van der Waals surface area contributed by atoms with Crippen LogP contribution in [0.3, 0.4) is 0 Å². The number of carbonyl (C=O) groups is 1. The Labute approximate surface area is 168 Å². The van der Waals surface area contributed by atoms with Gasteiger partial charge >= 0.3 is 0 Å². The van der Waals surface area contributed by atoms with Gasteiger partial charge in [0.1, 0.15) is 11.3 Å². The first-order valence-corrected chi connectivity index (χ1v) is 9.73. The molecule has 150 valence electrons. The SMILES string of the molecule is COc1cc2nc(N3CCN(C(=O)C4CCCO4)CC3)nc(Cl)c2cc1OC.